The van der Waals surface area contributed by atoms with Gasteiger partial charge in [0.1, 0.15) is 16.5 Å². The zero-order valence-electron chi connectivity index (χ0n) is 16.3. The van der Waals surface area contributed by atoms with Crippen molar-refractivity contribution in [2.45, 2.75) is 44.0 Å². The largest absolute Gasteiger partial charge is 0.495 e. The Morgan fingerprint density at radius 2 is 2.04 bits per heavy atom. The van der Waals surface area contributed by atoms with Crippen LogP contribution in [0.25, 0.3) is 0 Å². The number of carbonyl (C=O) groups is 1. The van der Waals surface area contributed by atoms with Crippen molar-refractivity contribution in [3.05, 3.63) is 47.7 Å². The molecule has 0 saturated carbocycles. The van der Waals surface area contributed by atoms with Gasteiger partial charge in [0.25, 0.3) is 5.91 Å². The van der Waals surface area contributed by atoms with Gasteiger partial charge in [0.15, 0.2) is 0 Å². The summed E-state index contributed by atoms with van der Waals surface area (Å²) in [7, 11) is -2.36. The number of piperidine rings is 1. The Hall–Kier alpha value is -2.45. The number of hydrogen-bond donors (Lipinski definition) is 1. The van der Waals surface area contributed by atoms with E-state index < -0.39 is 15.9 Å². The molecule has 1 amide bonds. The maximum atomic E-state index is 13.2. The summed E-state index contributed by atoms with van der Waals surface area (Å²) >= 11 is 0. The third-order valence-corrected chi connectivity index (χ3v) is 6.94. The van der Waals surface area contributed by atoms with Gasteiger partial charge in [0.05, 0.1) is 7.11 Å². The minimum atomic E-state index is -3.78. The Balaban J connectivity index is 1.93. The molecule has 0 spiro atoms. The first-order valence-electron chi connectivity index (χ1n) is 9.27. The Kier molecular flexibility index (Phi) is 6.00. The smallest absolute Gasteiger partial charge is 0.256 e. The Labute approximate surface area is 165 Å². The van der Waals surface area contributed by atoms with Gasteiger partial charge in [-0.05, 0) is 56.5 Å². The van der Waals surface area contributed by atoms with E-state index in [1.165, 1.54) is 23.5 Å². The lowest BCUT2D eigenvalue weighted by Gasteiger charge is -2.32. The van der Waals surface area contributed by atoms with E-state index in [9.17, 15) is 13.2 Å². The highest BCUT2D eigenvalue weighted by molar-refractivity contribution is 7.89. The van der Waals surface area contributed by atoms with Crippen molar-refractivity contribution in [2.75, 3.05) is 19.0 Å². The van der Waals surface area contributed by atoms with Crippen LogP contribution >= 0.6 is 0 Å². The quantitative estimate of drug-likeness (QED) is 0.828. The number of nitrogens with one attached hydrogen (secondary N) is 1. The topological polar surface area (TPSA) is 88.6 Å². The van der Waals surface area contributed by atoms with Crippen molar-refractivity contribution in [2.24, 2.45) is 0 Å². The molecule has 150 valence electrons. The lowest BCUT2D eigenvalue weighted by atomic mass is 10.1. The van der Waals surface area contributed by atoms with Gasteiger partial charge in [-0.1, -0.05) is 12.5 Å². The number of nitrogens with zero attached hydrogens (tertiary/aromatic N) is 2. The minimum absolute atomic E-state index is 0.00765. The van der Waals surface area contributed by atoms with E-state index in [2.05, 4.69) is 10.3 Å². The van der Waals surface area contributed by atoms with Crippen molar-refractivity contribution in [1.82, 2.24) is 9.29 Å². The van der Waals surface area contributed by atoms with Crippen LogP contribution in [0, 0.1) is 6.92 Å². The summed E-state index contributed by atoms with van der Waals surface area (Å²) in [6, 6.07) is 7.88. The van der Waals surface area contributed by atoms with E-state index >= 15 is 0 Å². The summed E-state index contributed by atoms with van der Waals surface area (Å²) in [4.78, 5) is 16.8. The van der Waals surface area contributed by atoms with Crippen LogP contribution in [0.15, 0.2) is 41.4 Å². The summed E-state index contributed by atoms with van der Waals surface area (Å²) in [6.45, 7) is 4.28. The number of sulfonamides is 1. The second-order valence-electron chi connectivity index (χ2n) is 7.00. The number of aromatic nitrogens is 1. The van der Waals surface area contributed by atoms with Gasteiger partial charge >= 0.3 is 0 Å². The summed E-state index contributed by atoms with van der Waals surface area (Å²) in [5.41, 5.74) is 1.21. The van der Waals surface area contributed by atoms with Crippen molar-refractivity contribution in [3.8, 4) is 5.75 Å². The zero-order valence-corrected chi connectivity index (χ0v) is 17.1. The molecule has 1 aromatic carbocycles. The third kappa shape index (κ3) is 4.18. The number of pyridine rings is 1. The molecule has 1 N–H and O–H groups in total. The molecule has 0 radical (unpaired) electrons. The maximum absolute atomic E-state index is 13.2. The second kappa shape index (κ2) is 8.28. The number of aryl methyl sites for hydroxylation is 1. The van der Waals surface area contributed by atoms with Crippen LogP contribution in [0.3, 0.4) is 0 Å². The number of carbonyl (C=O) groups excluding carboxylic acids is 1. The van der Waals surface area contributed by atoms with Crippen LogP contribution in [-0.4, -0.2) is 43.3 Å². The highest BCUT2D eigenvalue weighted by Gasteiger charge is 2.33. The van der Waals surface area contributed by atoms with Crippen LogP contribution in [-0.2, 0) is 10.0 Å². The molecular formula is C20H25N3O4S. The van der Waals surface area contributed by atoms with E-state index in [0.717, 1.165) is 24.8 Å². The first-order chi connectivity index (χ1) is 13.3. The molecule has 2 heterocycles. The molecule has 1 atom stereocenters. The predicted octanol–water partition coefficient (Wildman–Crippen LogP) is 3.21. The second-order valence-corrected chi connectivity index (χ2v) is 8.86. The number of rotatable bonds is 5. The first kappa shape index (κ1) is 20.3. The Bertz CT molecular complexity index is 958. The predicted molar refractivity (Wildman–Crippen MR) is 107 cm³/mol. The lowest BCUT2D eigenvalue weighted by molar-refractivity contribution is 0.102. The van der Waals surface area contributed by atoms with E-state index in [-0.39, 0.29) is 22.3 Å². The number of hydrogen-bond acceptors (Lipinski definition) is 5. The van der Waals surface area contributed by atoms with Crippen LogP contribution in [0.4, 0.5) is 5.82 Å². The monoisotopic (exact) mass is 403 g/mol. The molecule has 1 saturated heterocycles. The van der Waals surface area contributed by atoms with Gasteiger partial charge in [0, 0.05) is 24.3 Å². The van der Waals surface area contributed by atoms with Crippen LogP contribution in [0.2, 0.25) is 0 Å². The first-order valence-corrected chi connectivity index (χ1v) is 10.7. The highest BCUT2D eigenvalue weighted by Crippen LogP contribution is 2.31. The number of amides is 1. The molecule has 8 heteroatoms. The van der Waals surface area contributed by atoms with Gasteiger partial charge in [-0.3, -0.25) is 4.79 Å². The highest BCUT2D eigenvalue weighted by atomic mass is 32.2. The lowest BCUT2D eigenvalue weighted by Crippen LogP contribution is -2.42. The molecule has 1 aromatic heterocycles. The number of benzene rings is 1. The molecule has 28 heavy (non-hydrogen) atoms. The molecule has 7 nitrogen and oxygen atoms in total. The van der Waals surface area contributed by atoms with Gasteiger partial charge in [0.2, 0.25) is 10.0 Å². The van der Waals surface area contributed by atoms with E-state index in [1.807, 2.05) is 19.9 Å². The summed E-state index contributed by atoms with van der Waals surface area (Å²) < 4.78 is 33.3. The average Bonchev–Trinajstić information content (AvgIpc) is 2.69. The van der Waals surface area contributed by atoms with Crippen molar-refractivity contribution >= 4 is 21.7 Å². The fraction of sp³-hybridized carbons (Fsp3) is 0.400. The number of anilines is 1. The molecule has 2 aromatic rings. The van der Waals surface area contributed by atoms with Crippen molar-refractivity contribution < 1.29 is 17.9 Å². The molecule has 1 fully saturated rings. The van der Waals surface area contributed by atoms with E-state index in [4.69, 9.17) is 4.74 Å². The minimum Gasteiger partial charge on any atom is -0.495 e. The normalized spacial score (nSPS) is 17.9. The summed E-state index contributed by atoms with van der Waals surface area (Å²) in [5.74, 6) is 0.199. The standard InChI is InChI=1S/C20H25N3O4S/c1-14-7-10-19(21-13-14)22-20(24)16-8-9-17(27-3)18(12-16)28(25,26)23-11-5-4-6-15(23)2/h7-10,12-13,15H,4-6,11H2,1-3H3,(H,21,22,24). The Morgan fingerprint density at radius 3 is 2.68 bits per heavy atom. The maximum Gasteiger partial charge on any atom is 0.256 e. The van der Waals surface area contributed by atoms with Crippen molar-refractivity contribution in [1.29, 1.82) is 0 Å². The molecule has 0 aliphatic carbocycles. The van der Waals surface area contributed by atoms with Gasteiger partial charge in [-0.2, -0.15) is 4.31 Å². The molecule has 1 aliphatic rings. The van der Waals surface area contributed by atoms with E-state index in [0.29, 0.717) is 12.4 Å². The summed E-state index contributed by atoms with van der Waals surface area (Å²) in [6.07, 6.45) is 4.31. The van der Waals surface area contributed by atoms with Crippen LogP contribution in [0.1, 0.15) is 42.1 Å². The number of methoxy groups -OCH3 is 1. The summed E-state index contributed by atoms with van der Waals surface area (Å²) in [5, 5.41) is 2.69. The van der Waals surface area contributed by atoms with Crippen LogP contribution in [0.5, 0.6) is 5.75 Å². The fourth-order valence-electron chi connectivity index (χ4n) is 3.30. The zero-order chi connectivity index (χ0) is 20.3. The molecular weight excluding hydrogens is 378 g/mol. The van der Waals surface area contributed by atoms with Gasteiger partial charge in [-0.25, -0.2) is 13.4 Å². The molecule has 3 rings (SSSR count). The molecule has 0 bridgehead atoms. The molecule has 1 aliphatic heterocycles. The van der Waals surface area contributed by atoms with Gasteiger partial charge in [-0.15, -0.1) is 0 Å². The SMILES string of the molecule is COc1ccc(C(=O)Nc2ccc(C)cn2)cc1S(=O)(=O)N1CCCCC1C. The van der Waals surface area contributed by atoms with Gasteiger partial charge < -0.3 is 10.1 Å². The fourth-order valence-corrected chi connectivity index (χ4v) is 5.19. The van der Waals surface area contributed by atoms with E-state index in [1.54, 1.807) is 18.3 Å². The number of ether oxygens (including phenoxy) is 1. The average molecular weight is 404 g/mol. The third-order valence-electron chi connectivity index (χ3n) is 4.91. The Morgan fingerprint density at radius 1 is 1.25 bits per heavy atom. The van der Waals surface area contributed by atoms with Crippen molar-refractivity contribution in [3.63, 3.8) is 0 Å². The van der Waals surface area contributed by atoms with Crippen LogP contribution < -0.4 is 10.1 Å². The molecule has 1 unspecified atom stereocenters.